The molecule has 5 aromatic carbocycles. The number of fused-ring (bicyclic) bond motifs is 6. The maximum atomic E-state index is 10.9. The smallest absolute Gasteiger partial charge is 0.217 e. The Balaban J connectivity index is 0.00000406. The van der Waals surface area contributed by atoms with Crippen LogP contribution in [0.1, 0.15) is 71.3 Å². The Labute approximate surface area is 315 Å². The van der Waals surface area contributed by atoms with E-state index in [1.165, 1.54) is 44.6 Å². The fourth-order valence-corrected chi connectivity index (χ4v) is 7.94. The van der Waals surface area contributed by atoms with Crippen LogP contribution in [-0.4, -0.2) is 22.0 Å². The number of aryl methyl sites for hydroxylation is 4. The first-order valence-corrected chi connectivity index (χ1v) is 17.4. The number of hydrogen-bond acceptors (Lipinski definition) is 5. The summed E-state index contributed by atoms with van der Waals surface area (Å²) in [6.07, 6.45) is 0.829. The monoisotopic (exact) mass is 851 g/mol. The zero-order valence-corrected chi connectivity index (χ0v) is 32.4. The van der Waals surface area contributed by atoms with Gasteiger partial charge in [-0.3, -0.25) is 0 Å². The van der Waals surface area contributed by atoms with E-state index in [9.17, 15) is 5.11 Å². The zero-order valence-electron chi connectivity index (χ0n) is 30.1. The summed E-state index contributed by atoms with van der Waals surface area (Å²) in [5.41, 5.74) is 13.4. The van der Waals surface area contributed by atoms with Crippen molar-refractivity contribution in [3.05, 3.63) is 148 Å². The van der Waals surface area contributed by atoms with E-state index in [0.717, 1.165) is 34.3 Å². The van der Waals surface area contributed by atoms with Gasteiger partial charge in [-0.05, 0) is 89.8 Å². The number of nitrogens with zero attached hydrogens (tertiary/aromatic N) is 3. The molecular weight excluding hydrogens is 810 g/mol. The van der Waals surface area contributed by atoms with Crippen molar-refractivity contribution >= 4 is 22.4 Å². The molecule has 2 atom stereocenters. The van der Waals surface area contributed by atoms with Crippen molar-refractivity contribution in [2.75, 3.05) is 4.90 Å². The van der Waals surface area contributed by atoms with Crippen LogP contribution in [0.15, 0.2) is 102 Å². The van der Waals surface area contributed by atoms with Gasteiger partial charge in [-0.25, -0.2) is 4.98 Å². The average molecular weight is 852 g/mol. The Kier molecular flexibility index (Phi) is 8.92. The van der Waals surface area contributed by atoms with Gasteiger partial charge in [-0.15, -0.1) is 17.2 Å². The summed E-state index contributed by atoms with van der Waals surface area (Å²) in [5.74, 6) is 1.98. The van der Waals surface area contributed by atoms with Crippen LogP contribution in [-0.2, 0) is 32.9 Å². The zero-order chi connectivity index (χ0) is 34.9. The number of aliphatic imine (C=N–C) groups is 1. The average Bonchev–Trinajstić information content (AvgIpc) is 3.35. The Morgan fingerprint density at radius 2 is 1.49 bits per heavy atom. The van der Waals surface area contributed by atoms with Crippen LogP contribution in [0.4, 0.5) is 5.69 Å². The molecule has 0 bridgehead atoms. The molecule has 0 radical (unpaired) electrons. The molecule has 51 heavy (non-hydrogen) atoms. The molecule has 0 saturated heterocycles. The second-order valence-corrected chi connectivity index (χ2v) is 15.0. The van der Waals surface area contributed by atoms with Gasteiger partial charge in [0.15, 0.2) is 0 Å². The first-order valence-electron chi connectivity index (χ1n) is 17.4. The van der Waals surface area contributed by atoms with E-state index in [1.54, 1.807) is 6.07 Å². The van der Waals surface area contributed by atoms with Crippen LogP contribution in [0.25, 0.3) is 22.0 Å². The molecule has 2 aliphatic rings. The second kappa shape index (κ2) is 13.1. The third kappa shape index (κ3) is 6.27. The maximum absolute atomic E-state index is 10.9. The number of pyridine rings is 1. The summed E-state index contributed by atoms with van der Waals surface area (Å²) in [5, 5.41) is 11.8. The number of aromatic hydroxyl groups is 1. The van der Waals surface area contributed by atoms with Crippen LogP contribution in [0.2, 0.25) is 0 Å². The SMILES string of the molecule is Cc1cc(Oc2ccc3cc(C(C)(C)C)cc(O)c3n2)[c-]c(C2=N[C@H]3Cc4ccccc4-c4ccccc4[C@H]3N2c2c(C)cc(C)cc2C)c1.[Pt]. The number of phenolic OH excluding ortho intramolecular Hbond substituents is 1. The van der Waals surface area contributed by atoms with E-state index in [-0.39, 0.29) is 44.3 Å². The predicted molar refractivity (Wildman–Crippen MR) is 204 cm³/mol. The van der Waals surface area contributed by atoms with Crippen molar-refractivity contribution in [3.63, 3.8) is 0 Å². The van der Waals surface area contributed by atoms with Gasteiger partial charge in [0.25, 0.3) is 0 Å². The minimum atomic E-state index is -0.0949. The van der Waals surface area contributed by atoms with E-state index in [4.69, 9.17) is 14.7 Å². The first kappa shape index (κ1) is 34.7. The Morgan fingerprint density at radius 1 is 0.804 bits per heavy atom. The largest absolute Gasteiger partial charge is 0.506 e. The van der Waals surface area contributed by atoms with E-state index in [1.807, 2.05) is 18.2 Å². The fourth-order valence-electron chi connectivity index (χ4n) is 7.94. The topological polar surface area (TPSA) is 58.0 Å². The van der Waals surface area contributed by atoms with E-state index >= 15 is 0 Å². The summed E-state index contributed by atoms with van der Waals surface area (Å²) in [6, 6.07) is 37.5. The van der Waals surface area contributed by atoms with Gasteiger partial charge in [0.2, 0.25) is 5.88 Å². The minimum Gasteiger partial charge on any atom is -0.506 e. The number of aromatic nitrogens is 1. The first-order chi connectivity index (χ1) is 23.9. The van der Waals surface area contributed by atoms with Crippen molar-refractivity contribution in [2.24, 2.45) is 4.99 Å². The molecule has 1 N–H and O–H groups in total. The van der Waals surface area contributed by atoms with Gasteiger partial charge in [0.1, 0.15) is 11.3 Å². The molecule has 8 rings (SSSR count). The van der Waals surface area contributed by atoms with E-state index in [0.29, 0.717) is 17.1 Å². The molecule has 5 nitrogen and oxygen atoms in total. The molecular formula is C45H42N3O2Pt-. The van der Waals surface area contributed by atoms with Crippen molar-refractivity contribution in [1.29, 1.82) is 0 Å². The van der Waals surface area contributed by atoms with Crippen molar-refractivity contribution < 1.29 is 30.9 Å². The number of rotatable bonds is 4. The molecule has 0 amide bonds. The fraction of sp³-hybridized carbons (Fsp3) is 0.244. The summed E-state index contributed by atoms with van der Waals surface area (Å²) in [4.78, 5) is 12.8. The number of benzene rings is 5. The molecule has 6 heteroatoms. The van der Waals surface area contributed by atoms with Gasteiger partial charge in [0.05, 0.1) is 17.9 Å². The van der Waals surface area contributed by atoms with Crippen LogP contribution in [0.3, 0.4) is 0 Å². The third-order valence-corrected chi connectivity index (χ3v) is 10.1. The van der Waals surface area contributed by atoms with Crippen LogP contribution < -0.4 is 9.64 Å². The summed E-state index contributed by atoms with van der Waals surface area (Å²) in [6.45, 7) is 15.0. The van der Waals surface area contributed by atoms with Gasteiger partial charge >= 0.3 is 0 Å². The number of amidine groups is 1. The van der Waals surface area contributed by atoms with Crippen LogP contribution >= 0.6 is 0 Å². The Hall–Kier alpha value is -4.73. The van der Waals surface area contributed by atoms with E-state index < -0.39 is 0 Å². The van der Waals surface area contributed by atoms with Crippen LogP contribution in [0, 0.1) is 33.8 Å². The molecule has 6 aromatic rings. The number of hydrogen-bond donors (Lipinski definition) is 1. The molecule has 1 aliphatic carbocycles. The van der Waals surface area contributed by atoms with Gasteiger partial charge in [0, 0.05) is 44.0 Å². The molecule has 260 valence electrons. The Bertz CT molecular complexity index is 2330. The van der Waals surface area contributed by atoms with Gasteiger partial charge < -0.3 is 19.7 Å². The molecule has 1 aromatic heterocycles. The molecule has 0 fully saturated rings. The van der Waals surface area contributed by atoms with Crippen LogP contribution in [0.5, 0.6) is 17.4 Å². The van der Waals surface area contributed by atoms with Gasteiger partial charge in [-0.1, -0.05) is 106 Å². The second-order valence-electron chi connectivity index (χ2n) is 15.0. The summed E-state index contributed by atoms with van der Waals surface area (Å²) in [7, 11) is 0. The molecule has 2 heterocycles. The standard InChI is InChI=1S/C45H42N3O2.Pt/c1-26-18-28(3)42(29(4)19-26)48-43-37-15-11-10-14-36(37)35-13-9-8-12-30(35)24-38(43)46-44(48)32-20-27(2)21-34(23-32)50-40-17-16-31-22-33(45(5,6)7)25-39(49)41(31)47-40;/h8-22,25,38,43,49H,24H2,1-7H3;/q-1;/t38-,43+;/m0./s1. The normalized spacial score (nSPS) is 16.5. The van der Waals surface area contributed by atoms with Crippen molar-refractivity contribution in [2.45, 2.75) is 72.4 Å². The number of phenols is 1. The van der Waals surface area contributed by atoms with E-state index in [2.05, 4.69) is 132 Å². The summed E-state index contributed by atoms with van der Waals surface area (Å²) < 4.78 is 6.41. The predicted octanol–water partition coefficient (Wildman–Crippen LogP) is 10.7. The van der Waals surface area contributed by atoms with Crippen molar-refractivity contribution in [1.82, 2.24) is 4.98 Å². The van der Waals surface area contributed by atoms with Crippen molar-refractivity contribution in [3.8, 4) is 28.5 Å². The molecule has 1 aliphatic heterocycles. The number of anilines is 1. The molecule has 0 saturated carbocycles. The number of ether oxygens (including phenoxy) is 1. The molecule has 0 unspecified atom stereocenters. The quantitative estimate of drug-likeness (QED) is 0.180. The van der Waals surface area contributed by atoms with Gasteiger partial charge in [-0.2, -0.15) is 0 Å². The third-order valence-electron chi connectivity index (χ3n) is 10.1. The maximum Gasteiger partial charge on any atom is 0.217 e. The summed E-state index contributed by atoms with van der Waals surface area (Å²) >= 11 is 0. The minimum absolute atomic E-state index is 0. The Morgan fingerprint density at radius 3 is 2.24 bits per heavy atom. The molecule has 0 spiro atoms.